The van der Waals surface area contributed by atoms with Gasteiger partial charge in [-0.3, -0.25) is 4.79 Å². The number of hydrogen-bond donors (Lipinski definition) is 1. The van der Waals surface area contributed by atoms with Crippen LogP contribution in [0.1, 0.15) is 20.3 Å². The highest BCUT2D eigenvalue weighted by atomic mass is 35.7. The highest BCUT2D eigenvalue weighted by molar-refractivity contribution is 8.13. The van der Waals surface area contributed by atoms with Gasteiger partial charge in [0.05, 0.1) is 0 Å². The van der Waals surface area contributed by atoms with Crippen LogP contribution < -0.4 is 10.1 Å². The van der Waals surface area contributed by atoms with Gasteiger partial charge in [-0.15, -0.1) is 0 Å². The summed E-state index contributed by atoms with van der Waals surface area (Å²) in [5, 5.41) is 2.57. The number of amides is 1. The molecule has 0 heterocycles. The van der Waals surface area contributed by atoms with E-state index < -0.39 is 43.8 Å². The van der Waals surface area contributed by atoms with E-state index in [0.717, 1.165) is 12.1 Å². The van der Waals surface area contributed by atoms with E-state index in [0.29, 0.717) is 6.42 Å². The molecule has 1 N–H and O–H groups in total. The fraction of sp³-hybridized carbons (Fsp3) is 0.417. The Morgan fingerprint density at radius 3 is 2.52 bits per heavy atom. The molecule has 0 aromatic heterocycles. The third-order valence-electron chi connectivity index (χ3n) is 2.65. The molecule has 1 atom stereocenters. The van der Waals surface area contributed by atoms with Crippen molar-refractivity contribution in [1.29, 1.82) is 0 Å². The van der Waals surface area contributed by atoms with E-state index in [1.54, 1.807) is 6.92 Å². The lowest BCUT2D eigenvalue weighted by Gasteiger charge is -2.12. The third-order valence-corrected chi connectivity index (χ3v) is 3.99. The molecule has 0 radical (unpaired) electrons. The van der Waals surface area contributed by atoms with E-state index in [1.165, 1.54) is 0 Å². The predicted molar refractivity (Wildman–Crippen MR) is 72.8 cm³/mol. The molecule has 1 aromatic rings. The number of nitrogens with one attached hydrogen (secondary N) is 1. The second kappa shape index (κ2) is 7.04. The van der Waals surface area contributed by atoms with Crippen molar-refractivity contribution in [3.05, 3.63) is 23.8 Å². The van der Waals surface area contributed by atoms with Crippen molar-refractivity contribution in [1.82, 2.24) is 5.32 Å². The molecule has 0 aliphatic rings. The third kappa shape index (κ3) is 4.82. The monoisotopic (exact) mass is 341 g/mol. The molecule has 0 aliphatic carbocycles. The van der Waals surface area contributed by atoms with E-state index in [9.17, 15) is 22.0 Å². The Morgan fingerprint density at radius 1 is 1.38 bits per heavy atom. The summed E-state index contributed by atoms with van der Waals surface area (Å²) in [6.45, 7) is 3.12. The number of carbonyl (C=O) groups excluding carboxylic acids is 1. The van der Waals surface area contributed by atoms with Gasteiger partial charge in [0.25, 0.3) is 15.0 Å². The fourth-order valence-electron chi connectivity index (χ4n) is 1.38. The van der Waals surface area contributed by atoms with Crippen LogP contribution in [0.15, 0.2) is 17.0 Å². The van der Waals surface area contributed by atoms with Crippen LogP contribution in [0.25, 0.3) is 0 Å². The predicted octanol–water partition coefficient (Wildman–Crippen LogP) is 2.19. The molecular weight excluding hydrogens is 328 g/mol. The van der Waals surface area contributed by atoms with Crippen LogP contribution in [0.3, 0.4) is 0 Å². The average molecular weight is 342 g/mol. The number of hydrogen-bond acceptors (Lipinski definition) is 4. The normalized spacial score (nSPS) is 12.8. The van der Waals surface area contributed by atoms with Crippen LogP contribution in [0.5, 0.6) is 5.75 Å². The van der Waals surface area contributed by atoms with Gasteiger partial charge in [0.1, 0.15) is 4.90 Å². The molecule has 0 spiro atoms. The number of halogens is 3. The molecule has 21 heavy (non-hydrogen) atoms. The highest BCUT2D eigenvalue weighted by Crippen LogP contribution is 2.27. The summed E-state index contributed by atoms with van der Waals surface area (Å²) in [7, 11) is 0.549. The van der Waals surface area contributed by atoms with Gasteiger partial charge in [0.2, 0.25) is 5.82 Å². The molecule has 0 aliphatic heterocycles. The van der Waals surface area contributed by atoms with E-state index in [1.807, 2.05) is 6.92 Å². The summed E-state index contributed by atoms with van der Waals surface area (Å²) < 4.78 is 54.0. The first-order valence-electron chi connectivity index (χ1n) is 6.01. The lowest BCUT2D eigenvalue weighted by molar-refractivity contribution is -0.123. The molecule has 0 fully saturated rings. The average Bonchev–Trinajstić information content (AvgIpc) is 2.38. The van der Waals surface area contributed by atoms with E-state index in [2.05, 4.69) is 5.32 Å². The highest BCUT2D eigenvalue weighted by Gasteiger charge is 2.23. The zero-order valence-corrected chi connectivity index (χ0v) is 12.9. The Labute approximate surface area is 125 Å². The maximum absolute atomic E-state index is 13.6. The minimum Gasteiger partial charge on any atom is -0.481 e. The van der Waals surface area contributed by atoms with E-state index in [-0.39, 0.29) is 6.04 Å². The Morgan fingerprint density at radius 2 is 2.00 bits per heavy atom. The number of benzene rings is 1. The van der Waals surface area contributed by atoms with Crippen molar-refractivity contribution in [2.75, 3.05) is 6.61 Å². The molecule has 0 bridgehead atoms. The topological polar surface area (TPSA) is 72.5 Å². The molecule has 0 saturated carbocycles. The Hall–Kier alpha value is -1.41. The van der Waals surface area contributed by atoms with Crippen LogP contribution in [0, 0.1) is 11.6 Å². The van der Waals surface area contributed by atoms with Crippen molar-refractivity contribution in [3.63, 3.8) is 0 Å². The maximum Gasteiger partial charge on any atom is 0.264 e. The number of rotatable bonds is 6. The van der Waals surface area contributed by atoms with Crippen molar-refractivity contribution in [3.8, 4) is 5.75 Å². The van der Waals surface area contributed by atoms with Gasteiger partial charge in [-0.05, 0) is 25.5 Å². The van der Waals surface area contributed by atoms with Crippen LogP contribution >= 0.6 is 10.7 Å². The largest absolute Gasteiger partial charge is 0.481 e. The first-order valence-corrected chi connectivity index (χ1v) is 8.32. The minimum absolute atomic E-state index is 0.0774. The molecule has 1 rings (SSSR count). The van der Waals surface area contributed by atoms with Crippen LogP contribution in [0.2, 0.25) is 0 Å². The van der Waals surface area contributed by atoms with Gasteiger partial charge in [0.15, 0.2) is 18.2 Å². The van der Waals surface area contributed by atoms with E-state index >= 15 is 0 Å². The van der Waals surface area contributed by atoms with Gasteiger partial charge in [-0.1, -0.05) is 6.92 Å². The Balaban J connectivity index is 2.83. The minimum atomic E-state index is -4.40. The lowest BCUT2D eigenvalue weighted by Crippen LogP contribution is -2.35. The maximum atomic E-state index is 13.6. The van der Waals surface area contributed by atoms with Crippen LogP contribution in [-0.2, 0) is 13.8 Å². The molecule has 1 amide bonds. The Kier molecular flexibility index (Phi) is 5.91. The summed E-state index contributed by atoms with van der Waals surface area (Å²) >= 11 is 0. The molecule has 1 aromatic carbocycles. The number of ether oxygens (including phenoxy) is 1. The Bertz CT molecular complexity index is 636. The standard InChI is InChI=1S/C12H14ClF2NO4S/c1-3-7(2)16-10(17)6-20-8-4-5-9(21(13,18)19)12(15)11(8)14/h4-5,7H,3,6H2,1-2H3,(H,16,17). The van der Waals surface area contributed by atoms with E-state index in [4.69, 9.17) is 15.4 Å². The summed E-state index contributed by atoms with van der Waals surface area (Å²) in [5.74, 6) is -4.24. The van der Waals surface area contributed by atoms with Crippen molar-refractivity contribution >= 4 is 25.6 Å². The van der Waals surface area contributed by atoms with Crippen LogP contribution in [-0.4, -0.2) is 27.0 Å². The molecule has 5 nitrogen and oxygen atoms in total. The van der Waals surface area contributed by atoms with Crippen molar-refractivity contribution in [2.24, 2.45) is 0 Å². The number of carbonyl (C=O) groups is 1. The molecule has 1 unspecified atom stereocenters. The molecule has 118 valence electrons. The fourth-order valence-corrected chi connectivity index (χ4v) is 2.27. The lowest BCUT2D eigenvalue weighted by atomic mass is 10.2. The summed E-state index contributed by atoms with van der Waals surface area (Å²) in [5.41, 5.74) is 0. The molecular formula is C12H14ClF2NO4S. The summed E-state index contributed by atoms with van der Waals surface area (Å²) in [4.78, 5) is 10.5. The van der Waals surface area contributed by atoms with Crippen molar-refractivity contribution < 1.29 is 26.7 Å². The first kappa shape index (κ1) is 17.6. The quantitative estimate of drug-likeness (QED) is 0.805. The van der Waals surface area contributed by atoms with Crippen LogP contribution in [0.4, 0.5) is 8.78 Å². The van der Waals surface area contributed by atoms with Gasteiger partial charge < -0.3 is 10.1 Å². The molecule has 0 saturated heterocycles. The zero-order chi connectivity index (χ0) is 16.2. The first-order chi connectivity index (χ1) is 9.66. The molecule has 9 heteroatoms. The van der Waals surface area contributed by atoms with Gasteiger partial charge in [0, 0.05) is 16.7 Å². The van der Waals surface area contributed by atoms with Gasteiger partial charge in [-0.2, -0.15) is 4.39 Å². The van der Waals surface area contributed by atoms with Gasteiger partial charge in [-0.25, -0.2) is 12.8 Å². The summed E-state index contributed by atoms with van der Waals surface area (Å²) in [6, 6.07) is 1.58. The summed E-state index contributed by atoms with van der Waals surface area (Å²) in [6.07, 6.45) is 0.705. The smallest absolute Gasteiger partial charge is 0.264 e. The van der Waals surface area contributed by atoms with Crippen molar-refractivity contribution in [2.45, 2.75) is 31.2 Å². The second-order valence-corrected chi connectivity index (χ2v) is 6.83. The zero-order valence-electron chi connectivity index (χ0n) is 11.3. The van der Waals surface area contributed by atoms with Gasteiger partial charge >= 0.3 is 0 Å². The second-order valence-electron chi connectivity index (χ2n) is 4.29. The SMILES string of the molecule is CCC(C)NC(=O)COc1ccc(S(=O)(=O)Cl)c(F)c1F.